The smallest absolute Gasteiger partial charge is 0.228 e. The van der Waals surface area contributed by atoms with E-state index in [0.29, 0.717) is 19.4 Å². The largest absolute Gasteiger partial charge is 0.497 e. The zero-order valence-electron chi connectivity index (χ0n) is 14.2. The maximum Gasteiger partial charge on any atom is 0.228 e. The molecule has 1 unspecified atom stereocenters. The number of ketones is 1. The molecule has 1 heterocycles. The minimum Gasteiger partial charge on any atom is -0.497 e. The topological polar surface area (TPSA) is 46.6 Å². The Balaban J connectivity index is 1.81. The van der Waals surface area contributed by atoms with Crippen molar-refractivity contribution in [3.8, 4) is 5.75 Å². The fourth-order valence-electron chi connectivity index (χ4n) is 2.89. The first-order chi connectivity index (χ1) is 12.2. The molecule has 25 heavy (non-hydrogen) atoms. The number of carbonyl (C=O) groups excluding carboxylic acids is 2. The van der Waals surface area contributed by atoms with E-state index in [1.54, 1.807) is 23.8 Å². The molecule has 130 valence electrons. The molecule has 1 atom stereocenters. The van der Waals surface area contributed by atoms with Gasteiger partial charge in [-0.25, -0.2) is 0 Å². The number of amides is 1. The highest BCUT2D eigenvalue weighted by atomic mass is 32.2. The highest BCUT2D eigenvalue weighted by molar-refractivity contribution is 8.01. The summed E-state index contributed by atoms with van der Waals surface area (Å²) in [5.41, 5.74) is 1.92. The van der Waals surface area contributed by atoms with Crippen molar-refractivity contribution < 1.29 is 14.3 Å². The van der Waals surface area contributed by atoms with Crippen LogP contribution in [0.1, 0.15) is 17.5 Å². The molecule has 2 aromatic carbocycles. The first-order valence-electron chi connectivity index (χ1n) is 8.28. The van der Waals surface area contributed by atoms with Gasteiger partial charge in [-0.3, -0.25) is 9.59 Å². The summed E-state index contributed by atoms with van der Waals surface area (Å²) in [6, 6.07) is 17.3. The van der Waals surface area contributed by atoms with Crippen molar-refractivity contribution in [1.82, 2.24) is 4.90 Å². The molecule has 0 spiro atoms. The van der Waals surface area contributed by atoms with Crippen molar-refractivity contribution in [3.05, 3.63) is 65.7 Å². The van der Waals surface area contributed by atoms with E-state index in [1.807, 2.05) is 54.6 Å². The molecular formula is C20H21NO3S. The van der Waals surface area contributed by atoms with Crippen LogP contribution in [0.5, 0.6) is 5.75 Å². The molecule has 2 aromatic rings. The first-order valence-corrected chi connectivity index (χ1v) is 9.33. The minimum atomic E-state index is -0.387. The van der Waals surface area contributed by atoms with Crippen molar-refractivity contribution in [2.45, 2.75) is 24.8 Å². The van der Waals surface area contributed by atoms with Gasteiger partial charge in [-0.05, 0) is 23.3 Å². The maximum absolute atomic E-state index is 12.9. The van der Waals surface area contributed by atoms with Crippen molar-refractivity contribution in [2.75, 3.05) is 12.9 Å². The van der Waals surface area contributed by atoms with Gasteiger partial charge in [0.25, 0.3) is 0 Å². The zero-order valence-corrected chi connectivity index (χ0v) is 15.0. The van der Waals surface area contributed by atoms with Crippen molar-refractivity contribution in [3.63, 3.8) is 0 Å². The third-order valence-electron chi connectivity index (χ3n) is 4.19. The lowest BCUT2D eigenvalue weighted by Gasteiger charge is -2.28. The summed E-state index contributed by atoms with van der Waals surface area (Å²) in [5, 5.41) is -0.387. The molecule has 3 rings (SSSR count). The Hall–Kier alpha value is -2.27. The van der Waals surface area contributed by atoms with Crippen molar-refractivity contribution in [2.24, 2.45) is 0 Å². The average molecular weight is 355 g/mol. The quantitative estimate of drug-likeness (QED) is 0.798. The van der Waals surface area contributed by atoms with Crippen LogP contribution in [-0.4, -0.2) is 34.8 Å². The normalized spacial score (nSPS) is 16.7. The number of nitrogens with zero attached hydrogens (tertiary/aromatic N) is 1. The van der Waals surface area contributed by atoms with E-state index in [1.165, 1.54) is 0 Å². The van der Waals surface area contributed by atoms with Gasteiger partial charge in [-0.15, -0.1) is 11.8 Å². The molecule has 0 saturated carbocycles. The summed E-state index contributed by atoms with van der Waals surface area (Å²) in [6.07, 6.45) is 0.831. The number of carbonyl (C=O) groups is 2. The predicted octanol–water partition coefficient (Wildman–Crippen LogP) is 3.30. The molecule has 1 aliphatic rings. The van der Waals surface area contributed by atoms with Crippen molar-refractivity contribution in [1.29, 1.82) is 0 Å². The average Bonchev–Trinajstić information content (AvgIpc) is 3.06. The summed E-state index contributed by atoms with van der Waals surface area (Å²) in [5.74, 6) is 1.63. The third-order valence-corrected chi connectivity index (χ3v) is 5.46. The number of methoxy groups -OCH3 is 1. The summed E-state index contributed by atoms with van der Waals surface area (Å²) in [4.78, 5) is 26.9. The molecule has 1 saturated heterocycles. The van der Waals surface area contributed by atoms with Crippen LogP contribution in [0.4, 0.5) is 0 Å². The van der Waals surface area contributed by atoms with Gasteiger partial charge in [-0.1, -0.05) is 42.5 Å². The number of benzene rings is 2. The van der Waals surface area contributed by atoms with Gasteiger partial charge in [0.2, 0.25) is 5.91 Å². The molecule has 0 bridgehead atoms. The van der Waals surface area contributed by atoms with Crippen LogP contribution in [0.15, 0.2) is 54.6 Å². The molecule has 0 N–H and O–H groups in total. The number of thioether (sulfide) groups is 1. The van der Waals surface area contributed by atoms with Gasteiger partial charge in [0.1, 0.15) is 11.1 Å². The molecule has 0 radical (unpaired) electrons. The SMILES string of the molecule is COc1cccc(CN(C(=O)Cc2ccccc2)C2SCCC2=O)c1. The van der Waals surface area contributed by atoms with Gasteiger partial charge < -0.3 is 9.64 Å². The van der Waals surface area contributed by atoms with E-state index in [4.69, 9.17) is 4.74 Å². The summed E-state index contributed by atoms with van der Waals surface area (Å²) in [7, 11) is 1.62. The Kier molecular flexibility index (Phi) is 5.76. The molecule has 1 aliphatic heterocycles. The van der Waals surface area contributed by atoms with E-state index in [-0.39, 0.29) is 17.1 Å². The lowest BCUT2D eigenvalue weighted by molar-refractivity contribution is -0.136. The van der Waals surface area contributed by atoms with Crippen LogP contribution >= 0.6 is 11.8 Å². The molecule has 1 amide bonds. The molecule has 4 nitrogen and oxygen atoms in total. The molecule has 5 heteroatoms. The highest BCUT2D eigenvalue weighted by Gasteiger charge is 2.33. The number of hydrogen-bond acceptors (Lipinski definition) is 4. The van der Waals surface area contributed by atoms with E-state index >= 15 is 0 Å². The van der Waals surface area contributed by atoms with Crippen LogP contribution in [-0.2, 0) is 22.6 Å². The molecule has 0 aliphatic carbocycles. The van der Waals surface area contributed by atoms with Crippen LogP contribution in [0.25, 0.3) is 0 Å². The van der Waals surface area contributed by atoms with Crippen molar-refractivity contribution >= 4 is 23.5 Å². The van der Waals surface area contributed by atoms with E-state index in [9.17, 15) is 9.59 Å². The molecule has 0 aromatic heterocycles. The Morgan fingerprint density at radius 3 is 2.60 bits per heavy atom. The Bertz CT molecular complexity index is 748. The van der Waals surface area contributed by atoms with E-state index < -0.39 is 0 Å². The minimum absolute atomic E-state index is 0.0261. The van der Waals surface area contributed by atoms with Gasteiger partial charge in [0, 0.05) is 18.7 Å². The fourth-order valence-corrected chi connectivity index (χ4v) is 4.11. The van der Waals surface area contributed by atoms with E-state index in [2.05, 4.69) is 0 Å². The van der Waals surface area contributed by atoms with E-state index in [0.717, 1.165) is 22.6 Å². The monoisotopic (exact) mass is 355 g/mol. The second-order valence-electron chi connectivity index (χ2n) is 5.98. The number of Topliss-reactive ketones (excluding diaryl/α,β-unsaturated/α-hetero) is 1. The number of ether oxygens (including phenoxy) is 1. The van der Waals surface area contributed by atoms with Gasteiger partial charge >= 0.3 is 0 Å². The highest BCUT2D eigenvalue weighted by Crippen LogP contribution is 2.29. The summed E-state index contributed by atoms with van der Waals surface area (Å²) >= 11 is 1.55. The molecule has 1 fully saturated rings. The Morgan fingerprint density at radius 1 is 1.16 bits per heavy atom. The van der Waals surface area contributed by atoms with Gasteiger partial charge in [0.15, 0.2) is 5.78 Å². The lowest BCUT2D eigenvalue weighted by Crippen LogP contribution is -2.41. The zero-order chi connectivity index (χ0) is 17.6. The number of rotatable bonds is 6. The Labute approximate surface area is 152 Å². The van der Waals surface area contributed by atoms with Crippen LogP contribution in [0, 0.1) is 0 Å². The first kappa shape index (κ1) is 17.5. The Morgan fingerprint density at radius 2 is 1.92 bits per heavy atom. The summed E-state index contributed by atoms with van der Waals surface area (Å²) in [6.45, 7) is 0.409. The van der Waals surface area contributed by atoms with Crippen LogP contribution < -0.4 is 4.74 Å². The number of hydrogen-bond donors (Lipinski definition) is 0. The van der Waals surface area contributed by atoms with Crippen LogP contribution in [0.3, 0.4) is 0 Å². The third kappa shape index (κ3) is 4.42. The lowest BCUT2D eigenvalue weighted by atomic mass is 10.1. The van der Waals surface area contributed by atoms with Gasteiger partial charge in [0.05, 0.1) is 13.5 Å². The standard InChI is InChI=1S/C20H21NO3S/c1-24-17-9-5-8-16(12-17)14-21(20-18(22)10-11-25-20)19(23)13-15-6-3-2-4-7-15/h2-9,12,20H,10-11,13-14H2,1H3. The second kappa shape index (κ2) is 8.21. The summed E-state index contributed by atoms with van der Waals surface area (Å²) < 4.78 is 5.26. The second-order valence-corrected chi connectivity index (χ2v) is 7.16. The molecular weight excluding hydrogens is 334 g/mol. The van der Waals surface area contributed by atoms with Gasteiger partial charge in [-0.2, -0.15) is 0 Å². The predicted molar refractivity (Wildman–Crippen MR) is 99.6 cm³/mol. The fraction of sp³-hybridized carbons (Fsp3) is 0.300. The van der Waals surface area contributed by atoms with Crippen LogP contribution in [0.2, 0.25) is 0 Å². The maximum atomic E-state index is 12.9.